The lowest BCUT2D eigenvalue weighted by Crippen LogP contribution is -2.34. The second kappa shape index (κ2) is 7.96. The molecule has 0 aliphatic heterocycles. The van der Waals surface area contributed by atoms with Crippen molar-refractivity contribution in [1.82, 2.24) is 20.3 Å². The summed E-state index contributed by atoms with van der Waals surface area (Å²) in [6, 6.07) is 14.6. The molecule has 2 N–H and O–H groups in total. The molecule has 3 aromatic carbocycles. The van der Waals surface area contributed by atoms with Crippen LogP contribution in [0, 0.1) is 18.6 Å². The van der Waals surface area contributed by atoms with Crippen molar-refractivity contribution in [2.75, 3.05) is 5.32 Å². The Bertz CT molecular complexity index is 1250. The van der Waals surface area contributed by atoms with E-state index < -0.39 is 11.7 Å². The Labute approximate surface area is 175 Å². The standard InChI is InChI=1S/C21H15F2N5OS/c1-12-10-18-19(27-28(26-18)16-8-6-15(23)7-9-16)11-17(12)24-21(30)25-20(29)13-2-4-14(22)5-3-13/h2-11H,1H3,(H2,24,25,29,30). The highest BCUT2D eigenvalue weighted by Gasteiger charge is 2.12. The molecule has 1 heterocycles. The number of aromatic nitrogens is 3. The summed E-state index contributed by atoms with van der Waals surface area (Å²) < 4.78 is 26.1. The van der Waals surface area contributed by atoms with Crippen molar-refractivity contribution in [3.8, 4) is 5.69 Å². The van der Waals surface area contributed by atoms with Crippen LogP contribution in [0.15, 0.2) is 60.7 Å². The number of amides is 1. The van der Waals surface area contributed by atoms with Gasteiger partial charge >= 0.3 is 0 Å². The normalized spacial score (nSPS) is 10.8. The number of anilines is 1. The summed E-state index contributed by atoms with van der Waals surface area (Å²) in [6.45, 7) is 1.86. The van der Waals surface area contributed by atoms with Gasteiger partial charge in [0.15, 0.2) is 5.11 Å². The van der Waals surface area contributed by atoms with Crippen molar-refractivity contribution >= 4 is 40.0 Å². The van der Waals surface area contributed by atoms with Gasteiger partial charge in [-0.3, -0.25) is 10.1 Å². The number of fused-ring (bicyclic) bond motifs is 1. The van der Waals surface area contributed by atoms with E-state index in [2.05, 4.69) is 20.8 Å². The molecule has 0 aliphatic carbocycles. The number of nitrogens with zero attached hydrogens (tertiary/aromatic N) is 3. The maximum Gasteiger partial charge on any atom is 0.257 e. The zero-order valence-electron chi connectivity index (χ0n) is 15.7. The summed E-state index contributed by atoms with van der Waals surface area (Å²) in [5.41, 5.74) is 3.66. The Kier molecular flexibility index (Phi) is 5.20. The van der Waals surface area contributed by atoms with E-state index in [4.69, 9.17) is 12.2 Å². The number of thiocarbonyl (C=S) groups is 1. The van der Waals surface area contributed by atoms with Crippen LogP contribution in [0.4, 0.5) is 14.5 Å². The summed E-state index contributed by atoms with van der Waals surface area (Å²) in [6.07, 6.45) is 0. The minimum atomic E-state index is -0.450. The lowest BCUT2D eigenvalue weighted by molar-refractivity contribution is 0.0977. The third kappa shape index (κ3) is 4.15. The van der Waals surface area contributed by atoms with Gasteiger partial charge in [-0.15, -0.1) is 10.2 Å². The van der Waals surface area contributed by atoms with Crippen LogP contribution in [-0.4, -0.2) is 26.0 Å². The zero-order chi connectivity index (χ0) is 21.3. The number of benzene rings is 3. The predicted octanol–water partition coefficient (Wildman–Crippen LogP) is 4.13. The van der Waals surface area contributed by atoms with Gasteiger partial charge in [0.25, 0.3) is 5.91 Å². The lowest BCUT2D eigenvalue weighted by Gasteiger charge is -2.11. The van der Waals surface area contributed by atoms with E-state index >= 15 is 0 Å². The SMILES string of the molecule is Cc1cc2nn(-c3ccc(F)cc3)nc2cc1NC(=S)NC(=O)c1ccc(F)cc1. The summed E-state index contributed by atoms with van der Waals surface area (Å²) in [4.78, 5) is 13.6. The highest BCUT2D eigenvalue weighted by atomic mass is 32.1. The maximum atomic E-state index is 13.1. The van der Waals surface area contributed by atoms with Crippen molar-refractivity contribution < 1.29 is 13.6 Å². The molecule has 0 saturated carbocycles. The minimum Gasteiger partial charge on any atom is -0.332 e. The molecular formula is C21H15F2N5OS. The average Bonchev–Trinajstić information content (AvgIpc) is 3.11. The van der Waals surface area contributed by atoms with Gasteiger partial charge in [-0.25, -0.2) is 8.78 Å². The van der Waals surface area contributed by atoms with Crippen molar-refractivity contribution in [3.05, 3.63) is 83.4 Å². The Hall–Kier alpha value is -3.72. The molecule has 0 bridgehead atoms. The van der Waals surface area contributed by atoms with Crippen LogP contribution in [-0.2, 0) is 0 Å². The molecule has 0 fully saturated rings. The molecule has 1 amide bonds. The van der Waals surface area contributed by atoms with E-state index in [1.807, 2.05) is 13.0 Å². The quantitative estimate of drug-likeness (QED) is 0.485. The molecule has 6 nitrogen and oxygen atoms in total. The fourth-order valence-corrected chi connectivity index (χ4v) is 3.03. The number of aryl methyl sites for hydroxylation is 1. The van der Waals surface area contributed by atoms with Crippen LogP contribution in [0.5, 0.6) is 0 Å². The molecule has 0 atom stereocenters. The van der Waals surface area contributed by atoms with Gasteiger partial charge in [-0.1, -0.05) is 0 Å². The number of carbonyl (C=O) groups is 1. The number of carbonyl (C=O) groups excluding carboxylic acids is 1. The second-order valence-corrected chi connectivity index (χ2v) is 6.95. The molecule has 0 unspecified atom stereocenters. The third-order valence-corrected chi connectivity index (χ3v) is 4.57. The smallest absolute Gasteiger partial charge is 0.257 e. The molecule has 0 aliphatic rings. The van der Waals surface area contributed by atoms with E-state index in [0.717, 1.165) is 5.56 Å². The van der Waals surface area contributed by atoms with Gasteiger partial charge in [-0.2, -0.15) is 4.80 Å². The van der Waals surface area contributed by atoms with E-state index in [1.165, 1.54) is 41.2 Å². The average molecular weight is 423 g/mol. The number of halogens is 2. The van der Waals surface area contributed by atoms with E-state index in [0.29, 0.717) is 22.4 Å². The summed E-state index contributed by atoms with van der Waals surface area (Å²) in [5.74, 6) is -1.22. The Morgan fingerprint density at radius 3 is 2.13 bits per heavy atom. The van der Waals surface area contributed by atoms with Gasteiger partial charge in [0.2, 0.25) is 0 Å². The van der Waals surface area contributed by atoms with Crippen molar-refractivity contribution in [2.24, 2.45) is 0 Å². The van der Waals surface area contributed by atoms with E-state index in [-0.39, 0.29) is 16.5 Å². The van der Waals surface area contributed by atoms with Crippen LogP contribution in [0.1, 0.15) is 15.9 Å². The van der Waals surface area contributed by atoms with Crippen LogP contribution in [0.2, 0.25) is 0 Å². The Morgan fingerprint density at radius 2 is 1.50 bits per heavy atom. The molecule has 150 valence electrons. The van der Waals surface area contributed by atoms with E-state index in [9.17, 15) is 13.6 Å². The van der Waals surface area contributed by atoms with Crippen molar-refractivity contribution in [1.29, 1.82) is 0 Å². The molecule has 0 saturated heterocycles. The first-order valence-corrected chi connectivity index (χ1v) is 9.31. The molecular weight excluding hydrogens is 408 g/mol. The Balaban J connectivity index is 1.52. The van der Waals surface area contributed by atoms with Gasteiger partial charge in [0.05, 0.1) is 5.69 Å². The van der Waals surface area contributed by atoms with Crippen molar-refractivity contribution in [3.63, 3.8) is 0 Å². The summed E-state index contributed by atoms with van der Waals surface area (Å²) >= 11 is 5.22. The van der Waals surface area contributed by atoms with Crippen molar-refractivity contribution in [2.45, 2.75) is 6.92 Å². The molecule has 9 heteroatoms. The van der Waals surface area contributed by atoms with Crippen LogP contribution >= 0.6 is 12.2 Å². The molecule has 4 rings (SSSR count). The fourth-order valence-electron chi connectivity index (χ4n) is 2.82. The number of hydrogen-bond acceptors (Lipinski definition) is 4. The first kappa shape index (κ1) is 19.6. The monoisotopic (exact) mass is 423 g/mol. The fraction of sp³-hybridized carbons (Fsp3) is 0.0476. The van der Waals surface area contributed by atoms with Gasteiger partial charge in [-0.05, 0) is 85.4 Å². The highest BCUT2D eigenvalue weighted by Crippen LogP contribution is 2.22. The van der Waals surface area contributed by atoms with Crippen LogP contribution in [0.25, 0.3) is 16.7 Å². The largest absolute Gasteiger partial charge is 0.332 e. The second-order valence-electron chi connectivity index (χ2n) is 6.54. The third-order valence-electron chi connectivity index (χ3n) is 4.37. The lowest BCUT2D eigenvalue weighted by atomic mass is 10.2. The minimum absolute atomic E-state index is 0.0951. The van der Waals surface area contributed by atoms with Gasteiger partial charge < -0.3 is 5.32 Å². The first-order valence-electron chi connectivity index (χ1n) is 8.90. The van der Waals surface area contributed by atoms with Gasteiger partial charge in [0, 0.05) is 11.3 Å². The summed E-state index contributed by atoms with van der Waals surface area (Å²) in [5, 5.41) is 14.4. The molecule has 1 aromatic heterocycles. The summed E-state index contributed by atoms with van der Waals surface area (Å²) in [7, 11) is 0. The predicted molar refractivity (Wildman–Crippen MR) is 114 cm³/mol. The maximum absolute atomic E-state index is 13.1. The highest BCUT2D eigenvalue weighted by molar-refractivity contribution is 7.80. The van der Waals surface area contributed by atoms with E-state index in [1.54, 1.807) is 18.2 Å². The molecule has 0 spiro atoms. The molecule has 30 heavy (non-hydrogen) atoms. The Morgan fingerprint density at radius 1 is 0.933 bits per heavy atom. The number of nitrogens with one attached hydrogen (secondary N) is 2. The number of hydrogen-bond donors (Lipinski definition) is 2. The zero-order valence-corrected chi connectivity index (χ0v) is 16.5. The van der Waals surface area contributed by atoms with Gasteiger partial charge in [0.1, 0.15) is 22.7 Å². The number of rotatable bonds is 3. The van der Waals surface area contributed by atoms with Crippen LogP contribution < -0.4 is 10.6 Å². The topological polar surface area (TPSA) is 71.8 Å². The molecule has 4 aromatic rings. The molecule has 0 radical (unpaired) electrons. The van der Waals surface area contributed by atoms with Crippen LogP contribution in [0.3, 0.4) is 0 Å². The first-order chi connectivity index (χ1) is 14.4.